The molecule has 0 radical (unpaired) electrons. The van der Waals surface area contributed by atoms with E-state index in [2.05, 4.69) is 27.4 Å². The number of hydrogen-bond donors (Lipinski definition) is 5. The highest BCUT2D eigenvalue weighted by molar-refractivity contribution is 5.12. The van der Waals surface area contributed by atoms with Gasteiger partial charge in [0.25, 0.3) is 0 Å². The molecule has 6 N–H and O–H groups in total. The lowest BCUT2D eigenvalue weighted by Crippen LogP contribution is -2.34. The summed E-state index contributed by atoms with van der Waals surface area (Å²) in [6.45, 7) is 0.693. The first-order valence-corrected chi connectivity index (χ1v) is 4.51. The Balaban J connectivity index is 2.05. The summed E-state index contributed by atoms with van der Waals surface area (Å²) < 4.78 is 0. The standard InChI is InChI=1S/C8H15N5/c9-4-3-7-8(12-13-11-7)6-2-1-5-10-6/h1-2,5,7-8,10-13H,3-4,9H2. The summed E-state index contributed by atoms with van der Waals surface area (Å²) in [5, 5.41) is 0. The van der Waals surface area contributed by atoms with E-state index in [1.807, 2.05) is 12.3 Å². The molecule has 2 unspecified atom stereocenters. The average molecular weight is 181 g/mol. The molecule has 1 aromatic heterocycles. The van der Waals surface area contributed by atoms with E-state index in [0.717, 1.165) is 6.42 Å². The number of aromatic amines is 1. The van der Waals surface area contributed by atoms with Crippen LogP contribution in [0.2, 0.25) is 0 Å². The molecule has 1 aromatic rings. The topological polar surface area (TPSA) is 77.9 Å². The Bertz CT molecular complexity index is 245. The minimum atomic E-state index is 0.276. The summed E-state index contributed by atoms with van der Waals surface area (Å²) in [5.74, 6) is 0. The lowest BCUT2D eigenvalue weighted by atomic mass is 10.0. The van der Waals surface area contributed by atoms with Gasteiger partial charge in [0.15, 0.2) is 0 Å². The van der Waals surface area contributed by atoms with E-state index in [1.165, 1.54) is 5.69 Å². The molecule has 2 atom stereocenters. The molecule has 5 heteroatoms. The summed E-state index contributed by atoms with van der Waals surface area (Å²) >= 11 is 0. The summed E-state index contributed by atoms with van der Waals surface area (Å²) in [4.78, 5) is 3.18. The molecule has 0 aliphatic carbocycles. The zero-order valence-corrected chi connectivity index (χ0v) is 7.38. The van der Waals surface area contributed by atoms with Gasteiger partial charge in [0.2, 0.25) is 0 Å². The van der Waals surface area contributed by atoms with Crippen LogP contribution in [0.15, 0.2) is 18.3 Å². The Labute approximate surface area is 77.0 Å². The summed E-state index contributed by atoms with van der Waals surface area (Å²) in [5.41, 5.74) is 15.9. The van der Waals surface area contributed by atoms with Crippen LogP contribution in [0.5, 0.6) is 0 Å². The van der Waals surface area contributed by atoms with Gasteiger partial charge in [-0.05, 0) is 25.1 Å². The van der Waals surface area contributed by atoms with Crippen molar-refractivity contribution in [3.63, 3.8) is 0 Å². The second-order valence-electron chi connectivity index (χ2n) is 3.20. The maximum absolute atomic E-state index is 5.52. The van der Waals surface area contributed by atoms with E-state index in [0.29, 0.717) is 12.6 Å². The Morgan fingerprint density at radius 2 is 2.31 bits per heavy atom. The van der Waals surface area contributed by atoms with Crippen LogP contribution in [-0.2, 0) is 0 Å². The van der Waals surface area contributed by atoms with E-state index in [4.69, 9.17) is 5.73 Å². The molecule has 0 amide bonds. The molecule has 1 saturated heterocycles. The van der Waals surface area contributed by atoms with Gasteiger partial charge >= 0.3 is 0 Å². The van der Waals surface area contributed by atoms with Gasteiger partial charge in [-0.3, -0.25) is 0 Å². The summed E-state index contributed by atoms with van der Waals surface area (Å²) in [6.07, 6.45) is 2.87. The molecule has 2 rings (SSSR count). The van der Waals surface area contributed by atoms with E-state index < -0.39 is 0 Å². The molecule has 0 bridgehead atoms. The van der Waals surface area contributed by atoms with Crippen molar-refractivity contribution in [1.82, 2.24) is 21.4 Å². The third-order valence-corrected chi connectivity index (χ3v) is 2.32. The number of rotatable bonds is 3. The van der Waals surface area contributed by atoms with E-state index in [9.17, 15) is 0 Å². The SMILES string of the molecule is NCCC1NNNC1c1ccc[nH]1. The normalized spacial score (nSPS) is 28.1. The smallest absolute Gasteiger partial charge is 0.0792 e. The number of H-pyrrole nitrogens is 1. The van der Waals surface area contributed by atoms with Crippen LogP contribution in [0.4, 0.5) is 0 Å². The van der Waals surface area contributed by atoms with Crippen LogP contribution >= 0.6 is 0 Å². The summed E-state index contributed by atoms with van der Waals surface area (Å²) in [6, 6.07) is 4.69. The molecule has 1 aliphatic heterocycles. The number of aromatic nitrogens is 1. The minimum absolute atomic E-state index is 0.276. The van der Waals surface area contributed by atoms with Crippen molar-refractivity contribution in [1.29, 1.82) is 0 Å². The maximum atomic E-state index is 5.52. The van der Waals surface area contributed by atoms with Gasteiger partial charge in [0, 0.05) is 17.9 Å². The van der Waals surface area contributed by atoms with Gasteiger partial charge in [-0.25, -0.2) is 10.9 Å². The van der Waals surface area contributed by atoms with Gasteiger partial charge in [0.1, 0.15) is 0 Å². The number of hydrogen-bond acceptors (Lipinski definition) is 4. The van der Waals surface area contributed by atoms with Crippen LogP contribution in [0, 0.1) is 0 Å². The molecule has 0 saturated carbocycles. The second kappa shape index (κ2) is 3.89. The highest BCUT2D eigenvalue weighted by atomic mass is 15.7. The first-order chi connectivity index (χ1) is 6.42. The van der Waals surface area contributed by atoms with Crippen molar-refractivity contribution in [2.45, 2.75) is 18.5 Å². The fourth-order valence-electron chi connectivity index (χ4n) is 1.65. The molecule has 0 spiro atoms. The molecule has 1 fully saturated rings. The highest BCUT2D eigenvalue weighted by Crippen LogP contribution is 2.18. The van der Waals surface area contributed by atoms with Gasteiger partial charge in [-0.1, -0.05) is 0 Å². The van der Waals surface area contributed by atoms with Crippen LogP contribution < -0.4 is 22.1 Å². The van der Waals surface area contributed by atoms with E-state index in [-0.39, 0.29) is 6.04 Å². The monoisotopic (exact) mass is 181 g/mol. The van der Waals surface area contributed by atoms with Crippen molar-refractivity contribution in [3.05, 3.63) is 24.0 Å². The fourth-order valence-corrected chi connectivity index (χ4v) is 1.65. The predicted molar refractivity (Wildman–Crippen MR) is 50.4 cm³/mol. The second-order valence-corrected chi connectivity index (χ2v) is 3.20. The van der Waals surface area contributed by atoms with Gasteiger partial charge in [0.05, 0.1) is 6.04 Å². The van der Waals surface area contributed by atoms with Gasteiger partial charge in [-0.15, -0.1) is 0 Å². The molecule has 5 nitrogen and oxygen atoms in total. The Hall–Kier alpha value is -0.880. The molecule has 13 heavy (non-hydrogen) atoms. The van der Waals surface area contributed by atoms with Crippen LogP contribution in [-0.4, -0.2) is 17.6 Å². The predicted octanol–water partition coefficient (Wildman–Crippen LogP) is -0.614. The Morgan fingerprint density at radius 3 is 3.00 bits per heavy atom. The lowest BCUT2D eigenvalue weighted by Gasteiger charge is -2.15. The van der Waals surface area contributed by atoms with Crippen LogP contribution in [0.3, 0.4) is 0 Å². The van der Waals surface area contributed by atoms with Crippen molar-refractivity contribution < 1.29 is 0 Å². The van der Waals surface area contributed by atoms with Crippen molar-refractivity contribution >= 4 is 0 Å². The Morgan fingerprint density at radius 1 is 1.38 bits per heavy atom. The van der Waals surface area contributed by atoms with Crippen LogP contribution in [0.1, 0.15) is 18.2 Å². The fraction of sp³-hybridized carbons (Fsp3) is 0.500. The van der Waals surface area contributed by atoms with Crippen molar-refractivity contribution in [3.8, 4) is 0 Å². The number of nitrogens with one attached hydrogen (secondary N) is 4. The average Bonchev–Trinajstić information content (AvgIpc) is 2.71. The summed E-state index contributed by atoms with van der Waals surface area (Å²) in [7, 11) is 0. The first-order valence-electron chi connectivity index (χ1n) is 4.51. The molecular formula is C8H15N5. The van der Waals surface area contributed by atoms with Crippen LogP contribution in [0.25, 0.3) is 0 Å². The van der Waals surface area contributed by atoms with E-state index in [1.54, 1.807) is 0 Å². The first kappa shape index (κ1) is 8.71. The van der Waals surface area contributed by atoms with E-state index >= 15 is 0 Å². The maximum Gasteiger partial charge on any atom is 0.0792 e. The molecular weight excluding hydrogens is 166 g/mol. The number of nitrogens with two attached hydrogens (primary N) is 1. The van der Waals surface area contributed by atoms with Crippen molar-refractivity contribution in [2.75, 3.05) is 6.54 Å². The van der Waals surface area contributed by atoms with Gasteiger partial charge in [-0.2, -0.15) is 5.53 Å². The third kappa shape index (κ3) is 1.73. The quantitative estimate of drug-likeness (QED) is 0.431. The lowest BCUT2D eigenvalue weighted by molar-refractivity contribution is 0.491. The molecule has 72 valence electrons. The number of hydrazine groups is 2. The minimum Gasteiger partial charge on any atom is -0.364 e. The molecule has 0 aromatic carbocycles. The molecule has 1 aliphatic rings. The zero-order chi connectivity index (χ0) is 9.10. The van der Waals surface area contributed by atoms with Gasteiger partial charge < -0.3 is 10.7 Å². The molecule has 2 heterocycles. The largest absolute Gasteiger partial charge is 0.364 e. The third-order valence-electron chi connectivity index (χ3n) is 2.32. The zero-order valence-electron chi connectivity index (χ0n) is 7.38. The Kier molecular flexibility index (Phi) is 2.60. The van der Waals surface area contributed by atoms with Crippen molar-refractivity contribution in [2.24, 2.45) is 5.73 Å². The highest BCUT2D eigenvalue weighted by Gasteiger charge is 2.27.